The molecule has 4 aromatic rings. The Bertz CT molecular complexity index is 1410. The third-order valence-corrected chi connectivity index (χ3v) is 5.17. The van der Waals surface area contributed by atoms with E-state index in [1.165, 1.54) is 30.6 Å². The fraction of sp³-hybridized carbons (Fsp3) is 0.160. The summed E-state index contributed by atoms with van der Waals surface area (Å²) >= 11 is 0. The normalized spacial score (nSPS) is 12.1. The summed E-state index contributed by atoms with van der Waals surface area (Å²) in [6.07, 6.45) is 2.67. The predicted octanol–water partition coefficient (Wildman–Crippen LogP) is 5.51. The van der Waals surface area contributed by atoms with Crippen molar-refractivity contribution in [3.8, 4) is 22.3 Å². The van der Waals surface area contributed by atoms with Gasteiger partial charge in [-0.1, -0.05) is 6.08 Å². The Morgan fingerprint density at radius 2 is 1.89 bits per heavy atom. The van der Waals surface area contributed by atoms with Crippen LogP contribution in [0.5, 0.6) is 0 Å². The molecular weight excluding hydrogens is 462 g/mol. The number of H-pyrrole nitrogens is 1. The van der Waals surface area contributed by atoms with Crippen LogP contribution < -0.4 is 5.32 Å². The van der Waals surface area contributed by atoms with Crippen LogP contribution in [0.25, 0.3) is 33.3 Å². The zero-order valence-corrected chi connectivity index (χ0v) is 18.8. The number of aromatic amines is 1. The lowest BCUT2D eigenvalue weighted by Crippen LogP contribution is -2.13. The third kappa shape index (κ3) is 5.72. The van der Waals surface area contributed by atoms with Crippen molar-refractivity contribution in [2.45, 2.75) is 6.18 Å². The molecule has 180 valence electrons. The van der Waals surface area contributed by atoms with Gasteiger partial charge in [0.05, 0.1) is 5.56 Å². The highest BCUT2D eigenvalue weighted by atomic mass is 19.4. The van der Waals surface area contributed by atoms with Crippen molar-refractivity contribution in [3.63, 3.8) is 0 Å². The molecule has 1 amide bonds. The minimum absolute atomic E-state index is 0.0000723. The van der Waals surface area contributed by atoms with Crippen molar-refractivity contribution in [1.29, 1.82) is 0 Å². The molecule has 0 aliphatic rings. The number of nitrogens with zero attached hydrogens (tertiary/aromatic N) is 3. The van der Waals surface area contributed by atoms with E-state index in [0.717, 1.165) is 12.1 Å². The van der Waals surface area contributed by atoms with Gasteiger partial charge >= 0.3 is 6.18 Å². The van der Waals surface area contributed by atoms with Crippen LogP contribution in [-0.2, 0) is 11.0 Å². The molecule has 2 N–H and O–H groups in total. The molecule has 6 nitrogen and oxygen atoms in total. The van der Waals surface area contributed by atoms with Gasteiger partial charge in [-0.15, -0.1) is 0 Å². The number of nitrogens with one attached hydrogen (secondary N) is 2. The average Bonchev–Trinajstić information content (AvgIpc) is 3.21. The van der Waals surface area contributed by atoms with Crippen molar-refractivity contribution in [3.05, 3.63) is 78.7 Å². The average molecular weight is 483 g/mol. The van der Waals surface area contributed by atoms with E-state index in [1.54, 1.807) is 24.4 Å². The number of hydrogen-bond donors (Lipinski definition) is 2. The van der Waals surface area contributed by atoms with Gasteiger partial charge in [-0.2, -0.15) is 17.6 Å². The second-order valence-electron chi connectivity index (χ2n) is 8.14. The lowest BCUT2D eigenvalue weighted by Gasteiger charge is -2.13. The molecular formula is C25H21F4N5O. The summed E-state index contributed by atoms with van der Waals surface area (Å²) in [5.74, 6) is -1.20. The van der Waals surface area contributed by atoms with Crippen LogP contribution in [0.3, 0.4) is 0 Å². The van der Waals surface area contributed by atoms with Gasteiger partial charge in [0.25, 0.3) is 0 Å². The number of fused-ring (bicyclic) bond motifs is 1. The van der Waals surface area contributed by atoms with Crippen LogP contribution in [0.1, 0.15) is 5.56 Å². The minimum atomic E-state index is -4.62. The maximum absolute atomic E-state index is 13.6. The molecule has 0 spiro atoms. The molecule has 0 saturated carbocycles. The number of rotatable bonds is 6. The fourth-order valence-electron chi connectivity index (χ4n) is 3.55. The van der Waals surface area contributed by atoms with Gasteiger partial charge in [-0.3, -0.25) is 4.79 Å². The summed E-state index contributed by atoms with van der Waals surface area (Å²) < 4.78 is 54.5. The quantitative estimate of drug-likeness (QED) is 0.216. The number of hydrogen-bond acceptors (Lipinski definition) is 4. The molecule has 1 aromatic carbocycles. The van der Waals surface area contributed by atoms with Gasteiger partial charge in [0, 0.05) is 59.5 Å². The molecule has 0 fully saturated rings. The first-order valence-corrected chi connectivity index (χ1v) is 10.5. The molecule has 0 aliphatic heterocycles. The number of likely N-dealkylation sites (N-methyl/N-ethyl adjacent to an activating group) is 1. The first-order chi connectivity index (χ1) is 16.6. The first kappa shape index (κ1) is 24.1. The number of aromatic nitrogens is 3. The number of anilines is 1. The van der Waals surface area contributed by atoms with Gasteiger partial charge in [0.15, 0.2) is 0 Å². The number of pyridine rings is 2. The van der Waals surface area contributed by atoms with E-state index in [2.05, 4.69) is 20.3 Å². The van der Waals surface area contributed by atoms with Crippen LogP contribution in [0.4, 0.5) is 23.2 Å². The van der Waals surface area contributed by atoms with Crippen molar-refractivity contribution >= 4 is 22.6 Å². The van der Waals surface area contributed by atoms with Gasteiger partial charge in [0.2, 0.25) is 11.9 Å². The monoisotopic (exact) mass is 483 g/mol. The summed E-state index contributed by atoms with van der Waals surface area (Å²) in [6, 6.07) is 7.89. The molecule has 0 saturated heterocycles. The number of amides is 1. The summed E-state index contributed by atoms with van der Waals surface area (Å²) in [5, 5.41) is 3.09. The summed E-state index contributed by atoms with van der Waals surface area (Å²) in [4.78, 5) is 24.9. The molecule has 10 heteroatoms. The zero-order valence-electron chi connectivity index (χ0n) is 18.8. The van der Waals surface area contributed by atoms with E-state index in [0.29, 0.717) is 34.3 Å². The van der Waals surface area contributed by atoms with E-state index < -0.39 is 23.6 Å². The third-order valence-electron chi connectivity index (χ3n) is 5.17. The Labute approximate surface area is 198 Å². The molecule has 3 aromatic heterocycles. The van der Waals surface area contributed by atoms with E-state index >= 15 is 0 Å². The lowest BCUT2D eigenvalue weighted by molar-refractivity contribution is -0.137. The maximum atomic E-state index is 13.6. The van der Waals surface area contributed by atoms with E-state index in [9.17, 15) is 22.4 Å². The number of carbonyl (C=O) groups is 1. The van der Waals surface area contributed by atoms with E-state index in [1.807, 2.05) is 19.0 Å². The highest BCUT2D eigenvalue weighted by Crippen LogP contribution is 2.36. The van der Waals surface area contributed by atoms with Crippen molar-refractivity contribution < 1.29 is 22.4 Å². The first-order valence-electron chi connectivity index (χ1n) is 10.5. The van der Waals surface area contributed by atoms with Crippen LogP contribution in [0, 0.1) is 5.95 Å². The van der Waals surface area contributed by atoms with Crippen molar-refractivity contribution in [2.24, 2.45) is 0 Å². The smallest absolute Gasteiger partial charge is 0.346 e. The molecule has 3 heterocycles. The van der Waals surface area contributed by atoms with E-state index in [-0.39, 0.29) is 11.3 Å². The van der Waals surface area contributed by atoms with Gasteiger partial charge < -0.3 is 15.2 Å². The molecule has 0 aliphatic carbocycles. The molecule has 0 atom stereocenters. The topological polar surface area (TPSA) is 73.9 Å². The second-order valence-corrected chi connectivity index (χ2v) is 8.14. The highest BCUT2D eigenvalue weighted by Gasteiger charge is 2.31. The fourth-order valence-corrected chi connectivity index (χ4v) is 3.55. The summed E-state index contributed by atoms with van der Waals surface area (Å²) in [5.41, 5.74) is 1.37. The maximum Gasteiger partial charge on any atom is 0.416 e. The molecule has 35 heavy (non-hydrogen) atoms. The Kier molecular flexibility index (Phi) is 6.65. The Morgan fingerprint density at radius 3 is 2.60 bits per heavy atom. The zero-order chi connectivity index (χ0) is 25.2. The summed E-state index contributed by atoms with van der Waals surface area (Å²) in [7, 11) is 3.65. The van der Waals surface area contributed by atoms with Gasteiger partial charge in [-0.05, 0) is 55.6 Å². The molecule has 0 unspecified atom stereocenters. The molecule has 0 bridgehead atoms. The Hall–Kier alpha value is -4.05. The van der Waals surface area contributed by atoms with Crippen molar-refractivity contribution in [2.75, 3.05) is 26.0 Å². The number of carbonyl (C=O) groups excluding carboxylic acids is 1. The standard InChI is InChI=1S/C25H21F4N5O/c1-34(2)7-3-4-23(35)33-19-9-16(8-18(12-19)25(27,28)29)17-10-20-21(14-32-24(20)31-13-17)15-5-6-30-22(26)11-15/h3-6,8-14H,7H2,1-2H3,(H,31,32)(H,33,35)/b4-3+. The Balaban J connectivity index is 1.75. The largest absolute Gasteiger partial charge is 0.416 e. The van der Waals surface area contributed by atoms with Crippen molar-refractivity contribution in [1.82, 2.24) is 19.9 Å². The SMILES string of the molecule is CN(C)C/C=C/C(=O)Nc1cc(-c2cnc3[nH]cc(-c4ccnc(F)c4)c3c2)cc(C(F)(F)F)c1. The number of benzene rings is 1. The Morgan fingerprint density at radius 1 is 1.09 bits per heavy atom. The highest BCUT2D eigenvalue weighted by molar-refractivity contribution is 6.00. The number of halogens is 4. The lowest BCUT2D eigenvalue weighted by atomic mass is 10.0. The van der Waals surface area contributed by atoms with E-state index in [4.69, 9.17) is 0 Å². The summed E-state index contributed by atoms with van der Waals surface area (Å²) in [6.45, 7) is 0.507. The molecule has 0 radical (unpaired) electrons. The van der Waals surface area contributed by atoms with Crippen LogP contribution in [0.2, 0.25) is 0 Å². The minimum Gasteiger partial charge on any atom is -0.346 e. The van der Waals surface area contributed by atoms with Crippen LogP contribution in [0.15, 0.2) is 67.1 Å². The molecule has 4 rings (SSSR count). The second kappa shape index (κ2) is 9.67. The van der Waals surface area contributed by atoms with Gasteiger partial charge in [0.1, 0.15) is 5.65 Å². The predicted molar refractivity (Wildman–Crippen MR) is 126 cm³/mol. The van der Waals surface area contributed by atoms with Gasteiger partial charge in [-0.25, -0.2) is 9.97 Å². The van der Waals surface area contributed by atoms with Crippen LogP contribution in [-0.4, -0.2) is 46.4 Å². The van der Waals surface area contributed by atoms with Crippen LogP contribution >= 0.6 is 0 Å². The number of alkyl halides is 3.